The van der Waals surface area contributed by atoms with Crippen LogP contribution in [0.1, 0.15) is 43.5 Å². The zero-order chi connectivity index (χ0) is 23.0. The van der Waals surface area contributed by atoms with Gasteiger partial charge in [0.1, 0.15) is 0 Å². The number of carbonyl (C=O) groups excluding carboxylic acids is 4. The predicted molar refractivity (Wildman–Crippen MR) is 93.2 cm³/mol. The van der Waals surface area contributed by atoms with E-state index in [2.05, 4.69) is 37.0 Å². The lowest BCUT2D eigenvalue weighted by Gasteiger charge is -2.00. The molecule has 0 aromatic carbocycles. The van der Waals surface area contributed by atoms with Gasteiger partial charge in [0.15, 0.2) is 0 Å². The van der Waals surface area contributed by atoms with Crippen LogP contribution in [0.4, 0.5) is 13.2 Å². The fourth-order valence-corrected chi connectivity index (χ4v) is 2.33. The van der Waals surface area contributed by atoms with Crippen molar-refractivity contribution in [3.8, 4) is 0 Å². The summed E-state index contributed by atoms with van der Waals surface area (Å²) in [6.07, 6.45) is -2.03. The maximum atomic E-state index is 12.0. The van der Waals surface area contributed by atoms with Gasteiger partial charge in [0.2, 0.25) is 5.69 Å². The van der Waals surface area contributed by atoms with Crippen LogP contribution in [0.25, 0.3) is 0 Å². The van der Waals surface area contributed by atoms with E-state index in [1.807, 2.05) is 11.6 Å². The van der Waals surface area contributed by atoms with Gasteiger partial charge in [0.05, 0.1) is 11.4 Å². The summed E-state index contributed by atoms with van der Waals surface area (Å²) in [6.45, 7) is 9.94. The Morgan fingerprint density at radius 1 is 1.03 bits per heavy atom. The van der Waals surface area contributed by atoms with Crippen LogP contribution in [0, 0.1) is 13.8 Å². The molecule has 2 heterocycles. The maximum Gasteiger partial charge on any atom is 0.451 e. The standard InChI is InChI=1S/C8H11F3N2.C8H14N2.2CO2/c1-3-7-4-6(2)12-13(7)5-8(9,10)11;1-4-8-6-7(3)10(5-2)9-8;2*2-1-3/h4H,3,5H2,1-2H3;6H,4-5H2,1-3H3;;/p+1. The van der Waals surface area contributed by atoms with E-state index in [1.165, 1.54) is 11.4 Å². The number of H-pyrrole nitrogens is 1. The van der Waals surface area contributed by atoms with Gasteiger partial charge in [-0.25, -0.2) is 0 Å². The minimum Gasteiger partial charge on any atom is -0.270 e. The summed E-state index contributed by atoms with van der Waals surface area (Å²) in [5.74, 6) is 0. The smallest absolute Gasteiger partial charge is 0.270 e. The molecule has 2 rings (SSSR count). The van der Waals surface area contributed by atoms with Crippen LogP contribution in [0.2, 0.25) is 0 Å². The molecule has 0 unspecified atom stereocenters. The summed E-state index contributed by atoms with van der Waals surface area (Å²) in [5.41, 5.74) is 3.88. The van der Waals surface area contributed by atoms with Crippen molar-refractivity contribution in [2.24, 2.45) is 0 Å². The summed E-state index contributed by atoms with van der Waals surface area (Å²) >= 11 is 0. The van der Waals surface area contributed by atoms with E-state index in [9.17, 15) is 13.2 Å². The molecule has 162 valence electrons. The van der Waals surface area contributed by atoms with Crippen LogP contribution in [0.5, 0.6) is 0 Å². The zero-order valence-corrected chi connectivity index (χ0v) is 17.1. The molecule has 0 saturated carbocycles. The SMILES string of the molecule is CCc1cc(C)[nH][n+]1CC(F)(F)F.CCc1cc(C)n(CC)n1.O=C=O.O=C=O. The number of aromatic nitrogens is 4. The number of nitrogens with zero attached hydrogens (tertiary/aromatic N) is 3. The second-order valence-electron chi connectivity index (χ2n) is 5.60. The van der Waals surface area contributed by atoms with Gasteiger partial charge in [0.25, 0.3) is 6.54 Å². The highest BCUT2D eigenvalue weighted by Gasteiger charge is 2.35. The van der Waals surface area contributed by atoms with Gasteiger partial charge in [-0.3, -0.25) is 4.68 Å². The first-order chi connectivity index (χ1) is 13.5. The lowest BCUT2D eigenvalue weighted by Crippen LogP contribution is -2.45. The average molecular weight is 419 g/mol. The van der Waals surface area contributed by atoms with E-state index >= 15 is 0 Å². The number of hydrogen-bond donors (Lipinski definition) is 1. The van der Waals surface area contributed by atoms with Gasteiger partial charge in [-0.15, -0.1) is 4.68 Å². The summed E-state index contributed by atoms with van der Waals surface area (Å²) in [6, 6.07) is 3.87. The van der Waals surface area contributed by atoms with Crippen molar-refractivity contribution in [2.45, 2.75) is 66.7 Å². The van der Waals surface area contributed by atoms with Gasteiger partial charge in [-0.1, -0.05) is 13.8 Å². The van der Waals surface area contributed by atoms with Gasteiger partial charge in [-0.05, 0) is 33.3 Å². The summed E-state index contributed by atoms with van der Waals surface area (Å²) in [4.78, 5) is 32.5. The van der Waals surface area contributed by atoms with Gasteiger partial charge in [0, 0.05) is 24.7 Å². The van der Waals surface area contributed by atoms with Crippen LogP contribution < -0.4 is 4.68 Å². The van der Waals surface area contributed by atoms with Crippen LogP contribution in [0.15, 0.2) is 12.1 Å². The van der Waals surface area contributed by atoms with Crippen molar-refractivity contribution >= 4 is 12.3 Å². The monoisotopic (exact) mass is 419 g/mol. The molecule has 2 aromatic heterocycles. The molecule has 2 aromatic rings. The van der Waals surface area contributed by atoms with Crippen LogP contribution >= 0.6 is 0 Å². The third-order valence-electron chi connectivity index (χ3n) is 3.43. The molecule has 0 spiro atoms. The fraction of sp³-hybridized carbons (Fsp3) is 0.556. The Kier molecular flexibility index (Phi) is 14.5. The highest BCUT2D eigenvalue weighted by Crippen LogP contribution is 2.14. The van der Waals surface area contributed by atoms with Crippen LogP contribution in [-0.2, 0) is 45.1 Å². The second-order valence-corrected chi connectivity index (χ2v) is 5.60. The molecule has 0 aliphatic heterocycles. The molecular weight excluding hydrogens is 393 g/mol. The van der Waals surface area contributed by atoms with Gasteiger partial charge in [-0.2, -0.15) is 42.5 Å². The Balaban J connectivity index is 0. The largest absolute Gasteiger partial charge is 0.451 e. The molecule has 8 nitrogen and oxygen atoms in total. The van der Waals surface area contributed by atoms with Crippen molar-refractivity contribution in [3.05, 3.63) is 34.9 Å². The van der Waals surface area contributed by atoms with E-state index in [0.29, 0.717) is 12.1 Å². The lowest BCUT2D eigenvalue weighted by molar-refractivity contribution is -0.774. The predicted octanol–water partition coefficient (Wildman–Crippen LogP) is 2.34. The molecule has 0 saturated heterocycles. The first-order valence-electron chi connectivity index (χ1n) is 8.70. The number of alkyl halides is 3. The molecule has 0 aliphatic carbocycles. The second kappa shape index (κ2) is 15.0. The molecule has 0 radical (unpaired) electrons. The Hall–Kier alpha value is -3.03. The first kappa shape index (κ1) is 28.2. The minimum atomic E-state index is -4.16. The van der Waals surface area contributed by atoms with Crippen LogP contribution in [0.3, 0.4) is 0 Å². The normalized spacial score (nSPS) is 9.52. The Morgan fingerprint density at radius 3 is 1.86 bits per heavy atom. The van der Waals surface area contributed by atoms with Crippen molar-refractivity contribution in [1.29, 1.82) is 0 Å². The number of hydrogen-bond acceptors (Lipinski definition) is 5. The Labute approximate surface area is 166 Å². The number of aryl methyl sites for hydroxylation is 5. The highest BCUT2D eigenvalue weighted by atomic mass is 19.4. The van der Waals surface area contributed by atoms with Crippen molar-refractivity contribution < 1.29 is 37.0 Å². The van der Waals surface area contributed by atoms with E-state index in [4.69, 9.17) is 19.2 Å². The number of nitrogens with one attached hydrogen (secondary N) is 1. The van der Waals surface area contributed by atoms with Gasteiger partial charge >= 0.3 is 18.5 Å². The van der Waals surface area contributed by atoms with Crippen molar-refractivity contribution in [2.75, 3.05) is 0 Å². The summed E-state index contributed by atoms with van der Waals surface area (Å²) in [7, 11) is 0. The quantitative estimate of drug-likeness (QED) is 0.766. The molecular formula is C18H26F3N4O4+. The molecule has 1 N–H and O–H groups in total. The summed E-state index contributed by atoms with van der Waals surface area (Å²) in [5, 5.41) is 7.01. The van der Waals surface area contributed by atoms with E-state index < -0.39 is 12.7 Å². The zero-order valence-electron chi connectivity index (χ0n) is 17.1. The first-order valence-corrected chi connectivity index (χ1v) is 8.70. The molecule has 29 heavy (non-hydrogen) atoms. The molecule has 0 amide bonds. The number of halogens is 3. The third-order valence-corrected chi connectivity index (χ3v) is 3.43. The lowest BCUT2D eigenvalue weighted by atomic mass is 10.3. The Bertz CT molecular complexity index is 774. The third kappa shape index (κ3) is 12.9. The van der Waals surface area contributed by atoms with Crippen molar-refractivity contribution in [3.63, 3.8) is 0 Å². The average Bonchev–Trinajstić information content (AvgIpc) is 3.16. The van der Waals surface area contributed by atoms with E-state index in [-0.39, 0.29) is 12.3 Å². The molecule has 0 aliphatic rings. The Morgan fingerprint density at radius 2 is 1.55 bits per heavy atom. The van der Waals surface area contributed by atoms with E-state index in [0.717, 1.165) is 23.3 Å². The summed E-state index contributed by atoms with van der Waals surface area (Å²) < 4.78 is 39.2. The molecule has 0 fully saturated rings. The van der Waals surface area contributed by atoms with Crippen molar-refractivity contribution in [1.82, 2.24) is 14.9 Å². The fourth-order valence-electron chi connectivity index (χ4n) is 2.33. The number of rotatable bonds is 4. The highest BCUT2D eigenvalue weighted by molar-refractivity contribution is 5.20. The topological polar surface area (TPSA) is 106 Å². The van der Waals surface area contributed by atoms with E-state index in [1.54, 1.807) is 13.0 Å². The maximum absolute atomic E-state index is 12.0. The molecule has 0 bridgehead atoms. The van der Waals surface area contributed by atoms with Crippen LogP contribution in [-0.4, -0.2) is 33.4 Å². The minimum absolute atomic E-state index is 0.250. The molecule has 0 atom stereocenters. The number of aromatic amines is 1. The molecule has 11 heteroatoms. The van der Waals surface area contributed by atoms with Gasteiger partial charge < -0.3 is 0 Å².